The Morgan fingerprint density at radius 1 is 1.15 bits per heavy atom. The predicted octanol–water partition coefficient (Wildman–Crippen LogP) is 5.17. The van der Waals surface area contributed by atoms with E-state index in [-0.39, 0.29) is 18.0 Å². The van der Waals surface area contributed by atoms with E-state index in [1.54, 1.807) is 19.1 Å². The monoisotopic (exact) mass is 475 g/mol. The van der Waals surface area contributed by atoms with Gasteiger partial charge in [0.2, 0.25) is 0 Å². The average molecular weight is 476 g/mol. The Balaban J connectivity index is 1.74. The second-order valence-electron chi connectivity index (χ2n) is 7.16. The third kappa shape index (κ3) is 4.53. The van der Waals surface area contributed by atoms with Crippen LogP contribution in [0.5, 0.6) is 0 Å². The number of halogens is 4. The van der Waals surface area contributed by atoms with Gasteiger partial charge in [-0.3, -0.25) is 4.79 Å². The number of alkyl halides is 3. The van der Waals surface area contributed by atoms with Crippen molar-refractivity contribution in [3.8, 4) is 11.1 Å². The molecule has 4 aromatic rings. The normalized spacial score (nSPS) is 11.7. The van der Waals surface area contributed by atoms with E-state index < -0.39 is 17.6 Å². The molecule has 0 bridgehead atoms. The van der Waals surface area contributed by atoms with Gasteiger partial charge in [0.15, 0.2) is 11.3 Å². The van der Waals surface area contributed by atoms with E-state index in [4.69, 9.17) is 16.3 Å². The van der Waals surface area contributed by atoms with Crippen LogP contribution in [0.3, 0.4) is 0 Å². The molecular formula is C22H17ClF3N5O2. The van der Waals surface area contributed by atoms with Gasteiger partial charge in [-0.2, -0.15) is 18.3 Å². The number of aromatic nitrogens is 4. The molecule has 0 aliphatic heterocycles. The van der Waals surface area contributed by atoms with Crippen molar-refractivity contribution >= 4 is 28.8 Å². The van der Waals surface area contributed by atoms with Crippen molar-refractivity contribution in [2.24, 2.45) is 0 Å². The van der Waals surface area contributed by atoms with E-state index in [9.17, 15) is 18.0 Å². The molecule has 0 saturated carbocycles. The molecule has 170 valence electrons. The maximum atomic E-state index is 13.0. The van der Waals surface area contributed by atoms with E-state index in [1.807, 2.05) is 12.1 Å². The van der Waals surface area contributed by atoms with E-state index in [0.29, 0.717) is 27.6 Å². The van der Waals surface area contributed by atoms with Crippen molar-refractivity contribution in [3.63, 3.8) is 0 Å². The van der Waals surface area contributed by atoms with Crippen LogP contribution < -0.4 is 5.32 Å². The van der Waals surface area contributed by atoms with E-state index >= 15 is 0 Å². The van der Waals surface area contributed by atoms with Gasteiger partial charge in [-0.15, -0.1) is 10.2 Å². The molecule has 1 amide bonds. The van der Waals surface area contributed by atoms with E-state index in [2.05, 4.69) is 20.6 Å². The highest BCUT2D eigenvalue weighted by atomic mass is 35.5. The van der Waals surface area contributed by atoms with Gasteiger partial charge in [-0.05, 0) is 42.8 Å². The molecule has 0 aliphatic rings. The summed E-state index contributed by atoms with van der Waals surface area (Å²) < 4.78 is 45.6. The van der Waals surface area contributed by atoms with Crippen molar-refractivity contribution < 1.29 is 22.7 Å². The zero-order valence-electron chi connectivity index (χ0n) is 17.4. The fraction of sp³-hybridized carbons (Fsp3) is 0.182. The Kier molecular flexibility index (Phi) is 6.05. The number of carbonyl (C=O) groups excluding carboxylic acids is 1. The molecule has 0 atom stereocenters. The highest BCUT2D eigenvalue weighted by molar-refractivity contribution is 6.30. The van der Waals surface area contributed by atoms with Crippen LogP contribution in [-0.2, 0) is 17.5 Å². The minimum Gasteiger partial charge on any atom is -0.378 e. The van der Waals surface area contributed by atoms with E-state index in [1.165, 1.54) is 23.8 Å². The average Bonchev–Trinajstić information content (AvgIpc) is 3.13. The fourth-order valence-corrected chi connectivity index (χ4v) is 3.50. The van der Waals surface area contributed by atoms with Gasteiger partial charge >= 0.3 is 6.18 Å². The number of rotatable bonds is 5. The summed E-state index contributed by atoms with van der Waals surface area (Å²) in [6, 6.07) is 11.4. The minimum absolute atomic E-state index is 0.0153. The number of methoxy groups -OCH3 is 1. The maximum Gasteiger partial charge on any atom is 0.416 e. The number of anilines is 1. The smallest absolute Gasteiger partial charge is 0.378 e. The lowest BCUT2D eigenvalue weighted by molar-refractivity contribution is -0.137. The molecule has 0 saturated heterocycles. The number of benzene rings is 2. The lowest BCUT2D eigenvalue weighted by Crippen LogP contribution is -2.19. The Morgan fingerprint density at radius 3 is 2.55 bits per heavy atom. The van der Waals surface area contributed by atoms with Crippen molar-refractivity contribution in [2.45, 2.75) is 19.7 Å². The standard InChI is InChI=1S/C22H17ClF3N5O2/c1-12-19(21(32)27-16-5-3-4-14(10-16)22(24,25)26)28-29-20-18(13-6-8-15(23)9-7-13)17(11-33-2)30-31(12)20/h3-10H,11H2,1-2H3,(H,27,32). The van der Waals surface area contributed by atoms with Crippen LogP contribution in [0.15, 0.2) is 48.5 Å². The van der Waals surface area contributed by atoms with Gasteiger partial charge in [-0.25, -0.2) is 4.52 Å². The SMILES string of the molecule is COCc1nn2c(C)c(C(=O)Nc3cccc(C(F)(F)F)c3)nnc2c1-c1ccc(Cl)cc1. The molecule has 1 N–H and O–H groups in total. The minimum atomic E-state index is -4.53. The number of nitrogens with zero attached hydrogens (tertiary/aromatic N) is 4. The summed E-state index contributed by atoms with van der Waals surface area (Å²) in [5, 5.41) is 15.8. The number of nitrogens with one attached hydrogen (secondary N) is 1. The molecule has 33 heavy (non-hydrogen) atoms. The van der Waals surface area contributed by atoms with Gasteiger partial charge in [0.05, 0.1) is 29.1 Å². The van der Waals surface area contributed by atoms with E-state index in [0.717, 1.165) is 17.7 Å². The van der Waals surface area contributed by atoms with Crippen LogP contribution in [0.2, 0.25) is 5.02 Å². The summed E-state index contributed by atoms with van der Waals surface area (Å²) in [6.07, 6.45) is -4.53. The first kappa shape index (κ1) is 22.7. The highest BCUT2D eigenvalue weighted by Crippen LogP contribution is 2.31. The first-order chi connectivity index (χ1) is 15.7. The zero-order valence-corrected chi connectivity index (χ0v) is 18.2. The van der Waals surface area contributed by atoms with Crippen molar-refractivity contribution in [1.82, 2.24) is 19.8 Å². The molecule has 0 unspecified atom stereocenters. The Labute approximate surface area is 191 Å². The summed E-state index contributed by atoms with van der Waals surface area (Å²) >= 11 is 5.99. The van der Waals surface area contributed by atoms with Crippen molar-refractivity contribution in [2.75, 3.05) is 12.4 Å². The molecule has 2 heterocycles. The first-order valence-electron chi connectivity index (χ1n) is 9.67. The van der Waals surface area contributed by atoms with Crippen molar-refractivity contribution in [1.29, 1.82) is 0 Å². The second kappa shape index (κ2) is 8.80. The molecule has 11 heteroatoms. The third-order valence-electron chi connectivity index (χ3n) is 4.92. The third-order valence-corrected chi connectivity index (χ3v) is 5.17. The topological polar surface area (TPSA) is 81.4 Å². The van der Waals surface area contributed by atoms with Crippen LogP contribution in [0.25, 0.3) is 16.8 Å². The van der Waals surface area contributed by atoms with Crippen LogP contribution in [0.1, 0.15) is 27.4 Å². The number of fused-ring (bicyclic) bond motifs is 1. The molecular weight excluding hydrogens is 459 g/mol. The summed E-state index contributed by atoms with van der Waals surface area (Å²) in [7, 11) is 1.53. The molecule has 0 spiro atoms. The summed E-state index contributed by atoms with van der Waals surface area (Å²) in [5.74, 6) is -0.710. The zero-order chi connectivity index (χ0) is 23.8. The molecule has 0 aliphatic carbocycles. The number of hydrogen-bond donors (Lipinski definition) is 1. The van der Waals surface area contributed by atoms with Gasteiger partial charge in [0.25, 0.3) is 5.91 Å². The lowest BCUT2D eigenvalue weighted by Gasteiger charge is -2.10. The Morgan fingerprint density at radius 2 is 1.88 bits per heavy atom. The molecule has 0 radical (unpaired) electrons. The first-order valence-corrected chi connectivity index (χ1v) is 10.0. The van der Waals surface area contributed by atoms with Crippen LogP contribution in [-0.4, -0.2) is 32.8 Å². The lowest BCUT2D eigenvalue weighted by atomic mass is 10.1. The molecule has 7 nitrogen and oxygen atoms in total. The predicted molar refractivity (Wildman–Crippen MR) is 116 cm³/mol. The fourth-order valence-electron chi connectivity index (χ4n) is 3.37. The molecule has 0 fully saturated rings. The summed E-state index contributed by atoms with van der Waals surface area (Å²) in [4.78, 5) is 12.8. The van der Waals surface area contributed by atoms with Crippen LogP contribution in [0, 0.1) is 6.92 Å². The molecule has 2 aromatic heterocycles. The number of amides is 1. The molecule has 4 rings (SSSR count). The number of hydrogen-bond acceptors (Lipinski definition) is 5. The molecule has 2 aromatic carbocycles. The Bertz CT molecular complexity index is 1340. The summed E-state index contributed by atoms with van der Waals surface area (Å²) in [6.45, 7) is 1.81. The maximum absolute atomic E-state index is 13.0. The van der Waals surface area contributed by atoms with Gasteiger partial charge in [0.1, 0.15) is 0 Å². The number of ether oxygens (including phenoxy) is 1. The quantitative estimate of drug-likeness (QED) is 0.430. The summed E-state index contributed by atoms with van der Waals surface area (Å²) in [5.41, 5.74) is 1.84. The Hall–Kier alpha value is -3.50. The highest BCUT2D eigenvalue weighted by Gasteiger charge is 2.30. The van der Waals surface area contributed by atoms with Crippen molar-refractivity contribution in [3.05, 3.63) is 76.2 Å². The van der Waals surface area contributed by atoms with Gasteiger partial charge < -0.3 is 10.1 Å². The van der Waals surface area contributed by atoms with Crippen LogP contribution in [0.4, 0.5) is 18.9 Å². The van der Waals surface area contributed by atoms with Gasteiger partial charge in [0, 0.05) is 17.8 Å². The number of aryl methyl sites for hydroxylation is 1. The van der Waals surface area contributed by atoms with Gasteiger partial charge in [-0.1, -0.05) is 29.8 Å². The largest absolute Gasteiger partial charge is 0.416 e. The second-order valence-corrected chi connectivity index (χ2v) is 7.60. The van der Waals surface area contributed by atoms with Crippen LogP contribution >= 0.6 is 11.6 Å². The number of carbonyl (C=O) groups is 1.